The minimum absolute atomic E-state index is 0. The van der Waals surface area contributed by atoms with Crippen LogP contribution < -0.4 is 11.5 Å². The Morgan fingerprint density at radius 1 is 0.366 bits per heavy atom. The standard InChI is InChI=1S/C12H14N4.2C10H8N2.Ru/c13-5-9-1-3-11(15-7-9)12-4-2-10(6-14)8-16-12;2*1-3-7-11-9(5-1)10-6-2-4-8-12-10;/h1-4,7-8H,5-6,13-14H2;2*1-8H;/q;;;+2. The van der Waals surface area contributed by atoms with Gasteiger partial charge in [-0.1, -0.05) is 36.4 Å². The van der Waals surface area contributed by atoms with E-state index in [-0.39, 0.29) is 19.5 Å². The van der Waals surface area contributed by atoms with Gasteiger partial charge in [0.25, 0.3) is 0 Å². The molecule has 0 spiro atoms. The Bertz CT molecular complexity index is 1320. The van der Waals surface area contributed by atoms with Crippen LogP contribution in [0.1, 0.15) is 11.1 Å². The summed E-state index contributed by atoms with van der Waals surface area (Å²) >= 11 is 0. The molecule has 0 bridgehead atoms. The zero-order valence-electron chi connectivity index (χ0n) is 22.3. The number of hydrogen-bond donors (Lipinski definition) is 2. The number of nitrogens with zero attached hydrogens (tertiary/aromatic N) is 6. The summed E-state index contributed by atoms with van der Waals surface area (Å²) < 4.78 is 0. The molecule has 41 heavy (non-hydrogen) atoms. The van der Waals surface area contributed by atoms with Gasteiger partial charge in [0.1, 0.15) is 0 Å². The van der Waals surface area contributed by atoms with Crippen molar-refractivity contribution in [3.05, 3.63) is 145 Å². The summed E-state index contributed by atoms with van der Waals surface area (Å²) in [5.41, 5.74) is 18.4. The first-order chi connectivity index (χ1) is 19.8. The average Bonchev–Trinajstić information content (AvgIpc) is 3.07. The Hall–Kier alpha value is -4.56. The second kappa shape index (κ2) is 17.2. The molecule has 0 aliphatic heterocycles. The van der Waals surface area contributed by atoms with E-state index in [1.165, 1.54) is 0 Å². The van der Waals surface area contributed by atoms with Gasteiger partial charge in [-0.2, -0.15) is 0 Å². The first-order valence-corrected chi connectivity index (χ1v) is 12.7. The van der Waals surface area contributed by atoms with Gasteiger partial charge < -0.3 is 11.5 Å². The van der Waals surface area contributed by atoms with Gasteiger partial charge in [0.15, 0.2) is 0 Å². The zero-order valence-corrected chi connectivity index (χ0v) is 24.0. The Labute approximate surface area is 252 Å². The van der Waals surface area contributed by atoms with Crippen molar-refractivity contribution in [2.24, 2.45) is 11.5 Å². The SMILES string of the molecule is NCc1ccc(-c2ccc(CN)cn2)nc1.[Ru+2].c1ccc(-c2ccccn2)nc1.c1ccc(-c2ccccn2)nc1. The van der Waals surface area contributed by atoms with Crippen molar-refractivity contribution >= 4 is 0 Å². The molecule has 4 N–H and O–H groups in total. The third-order valence-electron chi connectivity index (χ3n) is 5.57. The average molecular weight is 628 g/mol. The van der Waals surface area contributed by atoms with Crippen LogP contribution >= 0.6 is 0 Å². The summed E-state index contributed by atoms with van der Waals surface area (Å²) in [4.78, 5) is 25.3. The number of nitrogens with two attached hydrogens (primary N) is 2. The van der Waals surface area contributed by atoms with Crippen molar-refractivity contribution in [2.45, 2.75) is 13.1 Å². The molecule has 6 heterocycles. The van der Waals surface area contributed by atoms with Gasteiger partial charge in [-0.05, 0) is 71.8 Å². The van der Waals surface area contributed by atoms with E-state index in [9.17, 15) is 0 Å². The van der Waals surface area contributed by atoms with E-state index in [4.69, 9.17) is 11.5 Å². The van der Waals surface area contributed by atoms with Crippen LogP contribution in [-0.2, 0) is 32.6 Å². The Morgan fingerprint density at radius 3 is 0.854 bits per heavy atom. The minimum atomic E-state index is 0. The molecule has 0 unspecified atom stereocenters. The molecule has 6 aromatic rings. The van der Waals surface area contributed by atoms with E-state index in [0.717, 1.165) is 45.3 Å². The van der Waals surface area contributed by atoms with E-state index >= 15 is 0 Å². The smallest absolute Gasteiger partial charge is 0.326 e. The van der Waals surface area contributed by atoms with E-state index in [1.807, 2.05) is 97.1 Å². The van der Waals surface area contributed by atoms with Crippen LogP contribution in [-0.4, -0.2) is 29.9 Å². The molecule has 8 nitrogen and oxygen atoms in total. The van der Waals surface area contributed by atoms with E-state index in [1.54, 1.807) is 37.2 Å². The van der Waals surface area contributed by atoms with Crippen molar-refractivity contribution < 1.29 is 19.5 Å². The van der Waals surface area contributed by atoms with Gasteiger partial charge in [-0.25, -0.2) is 0 Å². The molecular formula is C32H30N8Ru+2. The largest absolute Gasteiger partial charge is 2.00 e. The Morgan fingerprint density at radius 2 is 0.659 bits per heavy atom. The third kappa shape index (κ3) is 9.85. The molecule has 6 aromatic heterocycles. The quantitative estimate of drug-likeness (QED) is 0.245. The maximum atomic E-state index is 5.51. The fourth-order valence-corrected chi connectivity index (χ4v) is 3.45. The topological polar surface area (TPSA) is 129 Å². The summed E-state index contributed by atoms with van der Waals surface area (Å²) in [7, 11) is 0. The molecule has 0 aromatic carbocycles. The van der Waals surface area contributed by atoms with Crippen molar-refractivity contribution in [3.63, 3.8) is 0 Å². The van der Waals surface area contributed by atoms with Crippen LogP contribution in [0.2, 0.25) is 0 Å². The van der Waals surface area contributed by atoms with Crippen molar-refractivity contribution in [3.8, 4) is 34.2 Å². The summed E-state index contributed by atoms with van der Waals surface area (Å²) in [6.07, 6.45) is 10.6. The summed E-state index contributed by atoms with van der Waals surface area (Å²) in [5.74, 6) is 0. The molecule has 6 rings (SSSR count). The van der Waals surface area contributed by atoms with Crippen LogP contribution in [0.15, 0.2) is 134 Å². The number of pyridine rings is 6. The normalized spacial score (nSPS) is 9.71. The first kappa shape index (κ1) is 31.0. The van der Waals surface area contributed by atoms with E-state index in [0.29, 0.717) is 13.1 Å². The van der Waals surface area contributed by atoms with Crippen LogP contribution in [0.5, 0.6) is 0 Å². The van der Waals surface area contributed by atoms with Crippen molar-refractivity contribution in [2.75, 3.05) is 0 Å². The van der Waals surface area contributed by atoms with Gasteiger partial charge in [-0.3, -0.25) is 29.9 Å². The van der Waals surface area contributed by atoms with E-state index < -0.39 is 0 Å². The maximum Gasteiger partial charge on any atom is 2.00 e. The summed E-state index contributed by atoms with van der Waals surface area (Å²) in [5, 5.41) is 0. The Balaban J connectivity index is 0.000000169. The molecule has 9 heteroatoms. The second-order valence-electron chi connectivity index (χ2n) is 8.37. The molecule has 0 saturated carbocycles. The van der Waals surface area contributed by atoms with Gasteiger partial charge in [-0.15, -0.1) is 0 Å². The maximum absolute atomic E-state index is 5.51. The molecule has 204 valence electrons. The van der Waals surface area contributed by atoms with Crippen LogP contribution in [0, 0.1) is 0 Å². The van der Waals surface area contributed by atoms with Gasteiger partial charge in [0.05, 0.1) is 34.2 Å². The molecule has 0 aliphatic carbocycles. The van der Waals surface area contributed by atoms with Gasteiger partial charge in [0.2, 0.25) is 0 Å². The van der Waals surface area contributed by atoms with Gasteiger partial charge >= 0.3 is 19.5 Å². The fourth-order valence-electron chi connectivity index (χ4n) is 3.45. The number of rotatable bonds is 5. The third-order valence-corrected chi connectivity index (χ3v) is 5.57. The van der Waals surface area contributed by atoms with E-state index in [2.05, 4.69) is 29.9 Å². The molecule has 0 amide bonds. The number of aromatic nitrogens is 6. The summed E-state index contributed by atoms with van der Waals surface area (Å²) in [6, 6.07) is 31.0. The first-order valence-electron chi connectivity index (χ1n) is 12.7. The molecule has 0 radical (unpaired) electrons. The Kier molecular flexibility index (Phi) is 13.0. The fraction of sp³-hybridized carbons (Fsp3) is 0.0625. The van der Waals surface area contributed by atoms with Crippen LogP contribution in [0.4, 0.5) is 0 Å². The molecule has 0 aliphatic rings. The molecule has 0 fully saturated rings. The predicted octanol–water partition coefficient (Wildman–Crippen LogP) is 5.35. The zero-order chi connectivity index (χ0) is 27.8. The van der Waals surface area contributed by atoms with Crippen molar-refractivity contribution in [1.82, 2.24) is 29.9 Å². The molecular weight excluding hydrogens is 597 g/mol. The molecule has 0 atom stereocenters. The van der Waals surface area contributed by atoms with Crippen LogP contribution in [0.25, 0.3) is 34.2 Å². The van der Waals surface area contributed by atoms with Crippen LogP contribution in [0.3, 0.4) is 0 Å². The minimum Gasteiger partial charge on any atom is -0.326 e. The van der Waals surface area contributed by atoms with Gasteiger partial charge in [0, 0.05) is 50.3 Å². The van der Waals surface area contributed by atoms with Crippen molar-refractivity contribution in [1.29, 1.82) is 0 Å². The predicted molar refractivity (Wildman–Crippen MR) is 158 cm³/mol. The monoisotopic (exact) mass is 628 g/mol. The summed E-state index contributed by atoms with van der Waals surface area (Å²) in [6.45, 7) is 1.01. The molecule has 0 saturated heterocycles. The number of hydrogen-bond acceptors (Lipinski definition) is 8. The second-order valence-corrected chi connectivity index (χ2v) is 8.37.